The number of benzene rings is 10. The lowest BCUT2D eigenvalue weighted by Gasteiger charge is -2.25. The van der Waals surface area contributed by atoms with E-state index in [2.05, 4.69) is 197 Å². The Hall–Kier alpha value is -9.00. The molecule has 0 bridgehead atoms. The lowest BCUT2D eigenvalue weighted by atomic mass is 9.91. The first-order chi connectivity index (χ1) is 32.7. The molecule has 310 valence electrons. The molecule has 0 aliphatic rings. The summed E-state index contributed by atoms with van der Waals surface area (Å²) in [5, 5.41) is 13.5. The second kappa shape index (κ2) is 16.6. The van der Waals surface area contributed by atoms with Crippen LogP contribution < -0.4 is 4.90 Å². The van der Waals surface area contributed by atoms with Crippen molar-refractivity contribution in [1.29, 1.82) is 0 Å². The Morgan fingerprint density at radius 3 is 1.15 bits per heavy atom. The molecule has 0 radical (unpaired) electrons. The number of aromatic nitrogens is 4. The lowest BCUT2D eigenvalue weighted by Crippen LogP contribution is -2.09. The second-order valence-corrected chi connectivity index (χ2v) is 16.3. The van der Waals surface area contributed by atoms with Crippen molar-refractivity contribution in [3.63, 3.8) is 0 Å². The van der Waals surface area contributed by atoms with E-state index in [1.807, 2.05) is 54.6 Å². The van der Waals surface area contributed by atoms with Crippen molar-refractivity contribution in [2.75, 3.05) is 4.90 Å². The molecule has 2 heterocycles. The van der Waals surface area contributed by atoms with Gasteiger partial charge in [0.1, 0.15) is 0 Å². The fourth-order valence-corrected chi connectivity index (χ4v) is 8.88. The van der Waals surface area contributed by atoms with Gasteiger partial charge >= 0.3 is 0 Å². The number of para-hydroxylation sites is 1. The highest BCUT2D eigenvalue weighted by molar-refractivity contribution is 6.00. The summed E-state index contributed by atoms with van der Waals surface area (Å²) in [6.07, 6.45) is 0. The summed E-state index contributed by atoms with van der Waals surface area (Å²) in [7, 11) is 0. The van der Waals surface area contributed by atoms with Crippen LogP contribution in [0.25, 0.3) is 100 Å². The number of fused-ring (bicyclic) bond motifs is 3. The van der Waals surface area contributed by atoms with Crippen molar-refractivity contribution in [1.82, 2.24) is 20.2 Å². The van der Waals surface area contributed by atoms with Gasteiger partial charge in [0.15, 0.2) is 0 Å². The first-order valence-corrected chi connectivity index (χ1v) is 22.0. The van der Waals surface area contributed by atoms with E-state index in [9.17, 15) is 0 Å². The predicted octanol–water partition coefficient (Wildman–Crippen LogP) is 15.8. The molecule has 0 amide bonds. The van der Waals surface area contributed by atoms with Gasteiger partial charge in [0, 0.05) is 39.3 Å². The number of hydrogen-bond acceptors (Lipinski definition) is 6. The molecule has 0 N–H and O–H groups in total. The summed E-state index contributed by atoms with van der Waals surface area (Å²) >= 11 is 0. The summed E-state index contributed by atoms with van der Waals surface area (Å²) in [4.78, 5) is 13.2. The van der Waals surface area contributed by atoms with Gasteiger partial charge in [-0.05, 0) is 129 Å². The summed E-state index contributed by atoms with van der Waals surface area (Å²) in [6.45, 7) is 0. The fraction of sp³-hybridized carbons (Fsp3) is 0. The Morgan fingerprint density at radius 1 is 0.288 bits per heavy atom. The average molecular weight is 846 g/mol. The molecule has 12 rings (SSSR count). The van der Waals surface area contributed by atoms with Gasteiger partial charge in [-0.2, -0.15) is 0 Å². The molecule has 6 heteroatoms. The van der Waals surface area contributed by atoms with Crippen LogP contribution in [0.15, 0.2) is 241 Å². The molecule has 0 saturated carbocycles. The smallest absolute Gasteiger partial charge is 0.248 e. The summed E-state index contributed by atoms with van der Waals surface area (Å²) in [5.74, 6) is 0.958. The molecule has 2 aromatic heterocycles. The highest BCUT2D eigenvalue weighted by Gasteiger charge is 2.20. The van der Waals surface area contributed by atoms with Crippen LogP contribution in [0.4, 0.5) is 17.1 Å². The number of nitrogens with zero attached hydrogens (tertiary/aromatic N) is 5. The molecule has 0 saturated heterocycles. The van der Waals surface area contributed by atoms with Gasteiger partial charge in [0.25, 0.3) is 0 Å². The standard InChI is InChI=1S/C60H39N5O/c1-4-16-42(17-5-1)57-58(62-56-39-54(49-27-25-41-15-11-13-21-47(41)37-49)53(38-55(56)61-57)48-26-24-40-14-10-12-20-46(40)36-48)43-28-32-51(33-29-43)65(50-22-8-3-9-23-50)52-34-30-45(31-35-52)60-64-63-59(66-60)44-18-6-2-7-19-44/h1-39H. The zero-order chi connectivity index (χ0) is 43.8. The van der Waals surface area contributed by atoms with E-state index in [1.165, 1.54) is 21.5 Å². The maximum atomic E-state index is 6.09. The maximum Gasteiger partial charge on any atom is 0.248 e. The zero-order valence-corrected chi connectivity index (χ0v) is 35.7. The van der Waals surface area contributed by atoms with Crippen molar-refractivity contribution in [2.45, 2.75) is 0 Å². The van der Waals surface area contributed by atoms with E-state index in [0.29, 0.717) is 11.8 Å². The van der Waals surface area contributed by atoms with E-state index in [1.54, 1.807) is 0 Å². The Kier molecular flexibility index (Phi) is 9.73. The Morgan fingerprint density at radius 2 is 0.652 bits per heavy atom. The highest BCUT2D eigenvalue weighted by atomic mass is 16.4. The molecule has 0 spiro atoms. The van der Waals surface area contributed by atoms with Crippen molar-refractivity contribution in [3.8, 4) is 67.7 Å². The van der Waals surface area contributed by atoms with E-state index < -0.39 is 0 Å². The third-order valence-corrected chi connectivity index (χ3v) is 12.2. The Bertz CT molecular complexity index is 3680. The van der Waals surface area contributed by atoms with Crippen molar-refractivity contribution < 1.29 is 4.42 Å². The monoisotopic (exact) mass is 845 g/mol. The minimum atomic E-state index is 0.469. The van der Waals surface area contributed by atoms with Crippen molar-refractivity contribution in [3.05, 3.63) is 237 Å². The molecular weight excluding hydrogens is 807 g/mol. The average Bonchev–Trinajstić information content (AvgIpc) is 3.90. The third kappa shape index (κ3) is 7.32. The topological polar surface area (TPSA) is 67.9 Å². The normalized spacial score (nSPS) is 11.3. The molecule has 0 atom stereocenters. The quantitative estimate of drug-likeness (QED) is 0.144. The summed E-state index contributed by atoms with van der Waals surface area (Å²) in [6, 6.07) is 82.3. The van der Waals surface area contributed by atoms with Gasteiger partial charge in [-0.3, -0.25) is 0 Å². The molecular formula is C60H39N5O. The van der Waals surface area contributed by atoms with Crippen LogP contribution in [0, 0.1) is 0 Å². The van der Waals surface area contributed by atoms with Gasteiger partial charge in [-0.15, -0.1) is 10.2 Å². The van der Waals surface area contributed by atoms with Crippen LogP contribution in [0.2, 0.25) is 0 Å². The van der Waals surface area contributed by atoms with Gasteiger partial charge in [-0.1, -0.05) is 152 Å². The second-order valence-electron chi connectivity index (χ2n) is 16.3. The minimum Gasteiger partial charge on any atom is -0.416 e. The Balaban J connectivity index is 0.966. The summed E-state index contributed by atoms with van der Waals surface area (Å²) in [5.41, 5.74) is 14.5. The highest BCUT2D eigenvalue weighted by Crippen LogP contribution is 2.41. The van der Waals surface area contributed by atoms with Gasteiger partial charge in [0.05, 0.1) is 22.4 Å². The van der Waals surface area contributed by atoms with Gasteiger partial charge < -0.3 is 9.32 Å². The van der Waals surface area contributed by atoms with E-state index in [-0.39, 0.29) is 0 Å². The largest absolute Gasteiger partial charge is 0.416 e. The number of anilines is 3. The van der Waals surface area contributed by atoms with Crippen LogP contribution in [-0.2, 0) is 0 Å². The van der Waals surface area contributed by atoms with Crippen LogP contribution in [0.5, 0.6) is 0 Å². The third-order valence-electron chi connectivity index (χ3n) is 12.2. The van der Waals surface area contributed by atoms with Crippen molar-refractivity contribution in [2.24, 2.45) is 0 Å². The molecule has 0 unspecified atom stereocenters. The van der Waals surface area contributed by atoms with Crippen LogP contribution in [-0.4, -0.2) is 20.2 Å². The lowest BCUT2D eigenvalue weighted by molar-refractivity contribution is 0.584. The fourth-order valence-electron chi connectivity index (χ4n) is 8.88. The molecule has 10 aromatic carbocycles. The molecule has 66 heavy (non-hydrogen) atoms. The minimum absolute atomic E-state index is 0.469. The first-order valence-electron chi connectivity index (χ1n) is 22.0. The van der Waals surface area contributed by atoms with Crippen LogP contribution >= 0.6 is 0 Å². The van der Waals surface area contributed by atoms with Crippen LogP contribution in [0.1, 0.15) is 0 Å². The van der Waals surface area contributed by atoms with E-state index >= 15 is 0 Å². The molecule has 0 fully saturated rings. The van der Waals surface area contributed by atoms with Gasteiger partial charge in [0.2, 0.25) is 11.8 Å². The van der Waals surface area contributed by atoms with Crippen LogP contribution in [0.3, 0.4) is 0 Å². The number of hydrogen-bond donors (Lipinski definition) is 0. The molecule has 0 aliphatic carbocycles. The predicted molar refractivity (Wildman–Crippen MR) is 270 cm³/mol. The molecule has 6 nitrogen and oxygen atoms in total. The molecule has 0 aliphatic heterocycles. The Labute approximate surface area is 381 Å². The SMILES string of the molecule is c1ccc(-c2nnc(-c3ccc(N(c4ccccc4)c4ccc(-c5nc6cc(-c7ccc8ccccc8c7)c(-c7ccc8ccccc8c7)cc6nc5-c5ccccc5)cc4)cc3)o2)cc1. The van der Waals surface area contributed by atoms with Gasteiger partial charge in [-0.25, -0.2) is 9.97 Å². The summed E-state index contributed by atoms with van der Waals surface area (Å²) < 4.78 is 6.09. The first kappa shape index (κ1) is 38.7. The zero-order valence-electron chi connectivity index (χ0n) is 35.7. The number of rotatable bonds is 9. The van der Waals surface area contributed by atoms with Crippen molar-refractivity contribution >= 4 is 49.6 Å². The van der Waals surface area contributed by atoms with E-state index in [0.717, 1.165) is 84.0 Å². The van der Waals surface area contributed by atoms with E-state index in [4.69, 9.17) is 14.4 Å². The maximum absolute atomic E-state index is 6.09. The molecule has 12 aromatic rings.